The molecule has 1 aliphatic rings. The molecule has 1 heterocycles. The zero-order valence-electron chi connectivity index (χ0n) is 11.5. The fourth-order valence-electron chi connectivity index (χ4n) is 2.84. The number of rotatable bonds is 4. The van der Waals surface area contributed by atoms with Crippen LogP contribution in [0.3, 0.4) is 0 Å². The lowest BCUT2D eigenvalue weighted by molar-refractivity contribution is -0.159. The highest BCUT2D eigenvalue weighted by molar-refractivity contribution is 5.84. The van der Waals surface area contributed by atoms with E-state index in [0.29, 0.717) is 12.8 Å². The molecule has 1 aliphatic heterocycles. The second-order valence-corrected chi connectivity index (χ2v) is 4.99. The van der Waals surface area contributed by atoms with E-state index in [0.717, 1.165) is 18.4 Å². The lowest BCUT2D eigenvalue weighted by Gasteiger charge is -2.37. The van der Waals surface area contributed by atoms with E-state index in [1.54, 1.807) is 0 Å². The second-order valence-electron chi connectivity index (χ2n) is 4.99. The molecule has 3 heteroatoms. The van der Waals surface area contributed by atoms with Gasteiger partial charge in [0, 0.05) is 6.42 Å². The van der Waals surface area contributed by atoms with Gasteiger partial charge in [0.05, 0.1) is 6.08 Å². The van der Waals surface area contributed by atoms with E-state index in [4.69, 9.17) is 4.74 Å². The number of aliphatic hydroxyl groups excluding tert-OH is 1. The minimum Gasteiger partial charge on any atom is -0.512 e. The first kappa shape index (κ1) is 13.7. The molecule has 1 N–H and O–H groups in total. The summed E-state index contributed by atoms with van der Waals surface area (Å²) in [6, 6.07) is 7.99. The normalized spacial score (nSPS) is 22.8. The van der Waals surface area contributed by atoms with Crippen molar-refractivity contribution < 1.29 is 14.6 Å². The Balaban J connectivity index is 2.51. The molecule has 1 aromatic rings. The molecule has 0 fully saturated rings. The number of aryl methyl sites for hydroxylation is 1. The first-order chi connectivity index (χ1) is 9.11. The quantitative estimate of drug-likeness (QED) is 0.841. The van der Waals surface area contributed by atoms with Crippen LogP contribution >= 0.6 is 0 Å². The van der Waals surface area contributed by atoms with Gasteiger partial charge in [0.1, 0.15) is 11.4 Å². The Morgan fingerprint density at radius 1 is 1.32 bits per heavy atom. The summed E-state index contributed by atoms with van der Waals surface area (Å²) in [5.74, 6) is -0.348. The molecule has 2 rings (SSSR count). The van der Waals surface area contributed by atoms with Crippen molar-refractivity contribution in [3.8, 4) is 0 Å². The van der Waals surface area contributed by atoms with Gasteiger partial charge in [0.15, 0.2) is 0 Å². The molecule has 0 saturated heterocycles. The molecule has 3 nitrogen and oxygen atoms in total. The van der Waals surface area contributed by atoms with Crippen molar-refractivity contribution in [1.29, 1.82) is 0 Å². The van der Waals surface area contributed by atoms with Gasteiger partial charge in [-0.05, 0) is 24.0 Å². The predicted octanol–water partition coefficient (Wildman–Crippen LogP) is 3.63. The minimum atomic E-state index is -0.711. The highest BCUT2D eigenvalue weighted by Gasteiger charge is 2.40. The number of cyclic esters (lactones) is 1. The Hall–Kier alpha value is -1.77. The number of hydrogen-bond donors (Lipinski definition) is 1. The van der Waals surface area contributed by atoms with E-state index in [1.165, 1.54) is 11.6 Å². The highest BCUT2D eigenvalue weighted by atomic mass is 16.6. The van der Waals surface area contributed by atoms with Crippen molar-refractivity contribution in [2.24, 2.45) is 0 Å². The van der Waals surface area contributed by atoms with E-state index in [2.05, 4.69) is 19.9 Å². The van der Waals surface area contributed by atoms with Gasteiger partial charge in [-0.3, -0.25) is 0 Å². The third-order valence-electron chi connectivity index (χ3n) is 3.59. The van der Waals surface area contributed by atoms with Crippen LogP contribution in [0, 0.1) is 0 Å². The number of hydrogen-bond acceptors (Lipinski definition) is 3. The Bertz CT molecular complexity index is 504. The van der Waals surface area contributed by atoms with E-state index in [1.807, 2.05) is 18.2 Å². The van der Waals surface area contributed by atoms with Crippen LogP contribution in [0.1, 0.15) is 44.2 Å². The topological polar surface area (TPSA) is 46.5 Å². The van der Waals surface area contributed by atoms with Crippen LogP contribution in [-0.4, -0.2) is 11.1 Å². The average molecular weight is 260 g/mol. The van der Waals surface area contributed by atoms with Crippen LogP contribution in [0.5, 0.6) is 0 Å². The zero-order valence-corrected chi connectivity index (χ0v) is 11.5. The molecule has 0 spiro atoms. The molecule has 0 unspecified atom stereocenters. The molecule has 19 heavy (non-hydrogen) atoms. The van der Waals surface area contributed by atoms with Crippen molar-refractivity contribution >= 4 is 5.97 Å². The Labute approximate surface area is 113 Å². The van der Waals surface area contributed by atoms with Crippen LogP contribution in [0.2, 0.25) is 0 Å². The summed E-state index contributed by atoms with van der Waals surface area (Å²) in [7, 11) is 0. The number of ether oxygens (including phenoxy) is 1. The van der Waals surface area contributed by atoms with Crippen LogP contribution in [0.4, 0.5) is 0 Å². The molecule has 0 amide bonds. The van der Waals surface area contributed by atoms with Crippen molar-refractivity contribution in [3.05, 3.63) is 47.2 Å². The number of benzene rings is 1. The average Bonchev–Trinajstić information content (AvgIpc) is 2.37. The first-order valence-electron chi connectivity index (χ1n) is 6.82. The highest BCUT2D eigenvalue weighted by Crippen LogP contribution is 2.41. The lowest BCUT2D eigenvalue weighted by Crippen LogP contribution is -2.36. The Kier molecular flexibility index (Phi) is 3.93. The first-order valence-corrected chi connectivity index (χ1v) is 6.82. The summed E-state index contributed by atoms with van der Waals surface area (Å²) in [4.78, 5) is 11.7. The summed E-state index contributed by atoms with van der Waals surface area (Å²) < 4.78 is 5.64. The molecule has 0 radical (unpaired) electrons. The summed E-state index contributed by atoms with van der Waals surface area (Å²) in [6.45, 7) is 4.14. The smallest absolute Gasteiger partial charge is 0.335 e. The van der Waals surface area contributed by atoms with E-state index in [9.17, 15) is 9.90 Å². The van der Waals surface area contributed by atoms with Gasteiger partial charge in [-0.2, -0.15) is 0 Å². The monoisotopic (exact) mass is 260 g/mol. The van der Waals surface area contributed by atoms with Gasteiger partial charge in [-0.25, -0.2) is 4.79 Å². The maximum atomic E-state index is 11.7. The lowest BCUT2D eigenvalue weighted by atomic mass is 9.81. The fraction of sp³-hybridized carbons (Fsp3) is 0.438. The maximum absolute atomic E-state index is 11.7. The van der Waals surface area contributed by atoms with Crippen LogP contribution in [0.25, 0.3) is 0 Å². The van der Waals surface area contributed by atoms with Gasteiger partial charge >= 0.3 is 5.97 Å². The maximum Gasteiger partial charge on any atom is 0.335 e. The third kappa shape index (κ3) is 2.65. The van der Waals surface area contributed by atoms with Gasteiger partial charge in [0.2, 0.25) is 0 Å². The summed E-state index contributed by atoms with van der Waals surface area (Å²) in [5, 5.41) is 9.83. The summed E-state index contributed by atoms with van der Waals surface area (Å²) in [6.07, 6.45) is 4.02. The number of carbonyl (C=O) groups is 1. The molecule has 102 valence electrons. The van der Waals surface area contributed by atoms with Crippen molar-refractivity contribution in [2.45, 2.75) is 45.1 Å². The Morgan fingerprint density at radius 2 is 2.05 bits per heavy atom. The van der Waals surface area contributed by atoms with Crippen LogP contribution in [-0.2, 0) is 21.6 Å². The number of carbonyl (C=O) groups excluding carboxylic acids is 1. The number of aliphatic hydroxyl groups is 1. The number of esters is 1. The molecule has 0 bridgehead atoms. The molecule has 1 aromatic carbocycles. The van der Waals surface area contributed by atoms with Crippen molar-refractivity contribution in [1.82, 2.24) is 0 Å². The third-order valence-corrected chi connectivity index (χ3v) is 3.59. The molecule has 1 atom stereocenters. The van der Waals surface area contributed by atoms with E-state index >= 15 is 0 Å². The van der Waals surface area contributed by atoms with Crippen LogP contribution in [0.15, 0.2) is 36.1 Å². The van der Waals surface area contributed by atoms with Crippen LogP contribution < -0.4 is 0 Å². The van der Waals surface area contributed by atoms with Gasteiger partial charge in [-0.15, -0.1) is 0 Å². The van der Waals surface area contributed by atoms with Crippen molar-refractivity contribution in [3.63, 3.8) is 0 Å². The second kappa shape index (κ2) is 5.47. The molecule has 0 aliphatic carbocycles. The molecular formula is C16H20O3. The standard InChI is InChI=1S/C16H20O3/c1-3-9-16(11-13(17)10-15(18)19-16)14-8-6-5-7-12(14)4-2/h5-8,10,17H,3-4,9,11H2,1-2H3/t16-/m1/s1. The fourth-order valence-corrected chi connectivity index (χ4v) is 2.84. The largest absolute Gasteiger partial charge is 0.512 e. The van der Waals surface area contributed by atoms with Gasteiger partial charge < -0.3 is 9.84 Å². The van der Waals surface area contributed by atoms with E-state index < -0.39 is 11.6 Å². The summed E-state index contributed by atoms with van der Waals surface area (Å²) >= 11 is 0. The van der Waals surface area contributed by atoms with Gasteiger partial charge in [0.25, 0.3) is 0 Å². The summed E-state index contributed by atoms with van der Waals surface area (Å²) in [5.41, 5.74) is 1.47. The Morgan fingerprint density at radius 3 is 2.68 bits per heavy atom. The molecule has 0 aromatic heterocycles. The molecular weight excluding hydrogens is 240 g/mol. The minimum absolute atomic E-state index is 0.107. The van der Waals surface area contributed by atoms with Crippen molar-refractivity contribution in [2.75, 3.05) is 0 Å². The predicted molar refractivity (Wildman–Crippen MR) is 73.8 cm³/mol. The SMILES string of the molecule is CCC[C@]1(c2ccccc2CC)CC(O)=CC(=O)O1. The molecule has 0 saturated carbocycles. The van der Waals surface area contributed by atoms with Gasteiger partial charge in [-0.1, -0.05) is 44.5 Å². The zero-order chi connectivity index (χ0) is 13.9. The van der Waals surface area contributed by atoms with E-state index in [-0.39, 0.29) is 5.76 Å².